The molecule has 5 nitrogen and oxygen atoms in total. The van der Waals surface area contributed by atoms with Crippen molar-refractivity contribution in [2.75, 3.05) is 6.73 Å². The molecule has 0 bridgehead atoms. The molecule has 1 aliphatic heterocycles. The van der Waals surface area contributed by atoms with Crippen molar-refractivity contribution in [2.24, 2.45) is 0 Å². The van der Waals surface area contributed by atoms with Gasteiger partial charge in [-0.25, -0.2) is 4.79 Å². The lowest BCUT2D eigenvalue weighted by atomic mass is 9.98. The zero-order valence-electron chi connectivity index (χ0n) is 10.3. The first-order valence-corrected chi connectivity index (χ1v) is 5.66. The Balaban J connectivity index is 2.29. The van der Waals surface area contributed by atoms with Gasteiger partial charge < -0.3 is 9.84 Å². The molecule has 1 heterocycles. The highest BCUT2D eigenvalue weighted by Crippen LogP contribution is 2.29. The summed E-state index contributed by atoms with van der Waals surface area (Å²) < 4.78 is 5.39. The number of amides is 1. The van der Waals surface area contributed by atoms with Crippen LogP contribution in [-0.4, -0.2) is 40.3 Å². The molecule has 0 aliphatic carbocycles. The topological polar surface area (TPSA) is 66.8 Å². The first kappa shape index (κ1) is 12.6. The van der Waals surface area contributed by atoms with Gasteiger partial charge in [0.25, 0.3) is 5.91 Å². The van der Waals surface area contributed by atoms with Crippen LogP contribution in [0, 0.1) is 0 Å². The fraction of sp³-hybridized carbons (Fsp3) is 0.385. The van der Waals surface area contributed by atoms with Gasteiger partial charge in [-0.3, -0.25) is 9.69 Å². The van der Waals surface area contributed by atoms with E-state index in [9.17, 15) is 14.7 Å². The van der Waals surface area contributed by atoms with E-state index in [2.05, 4.69) is 0 Å². The molecule has 96 valence electrons. The molecular formula is C13H15NO4. The second-order valence-corrected chi connectivity index (χ2v) is 4.76. The van der Waals surface area contributed by atoms with Crippen LogP contribution in [0.1, 0.15) is 24.2 Å². The largest absolute Gasteiger partial charge is 0.480 e. The molecular weight excluding hydrogens is 234 g/mol. The van der Waals surface area contributed by atoms with Gasteiger partial charge in [-0.05, 0) is 26.0 Å². The number of carboxylic acid groups (broad SMARTS) is 1. The van der Waals surface area contributed by atoms with Crippen molar-refractivity contribution in [3.05, 3.63) is 35.9 Å². The Morgan fingerprint density at radius 3 is 2.50 bits per heavy atom. The van der Waals surface area contributed by atoms with Gasteiger partial charge in [0, 0.05) is 5.56 Å². The van der Waals surface area contributed by atoms with Crippen molar-refractivity contribution in [2.45, 2.75) is 25.5 Å². The molecule has 0 saturated carbocycles. The first-order chi connectivity index (χ1) is 8.43. The van der Waals surface area contributed by atoms with Crippen molar-refractivity contribution in [1.29, 1.82) is 0 Å². The Morgan fingerprint density at radius 2 is 1.94 bits per heavy atom. The van der Waals surface area contributed by atoms with Crippen molar-refractivity contribution in [3.8, 4) is 0 Å². The summed E-state index contributed by atoms with van der Waals surface area (Å²) in [6.45, 7) is 3.34. The maximum Gasteiger partial charge on any atom is 0.329 e. The van der Waals surface area contributed by atoms with Crippen molar-refractivity contribution in [3.63, 3.8) is 0 Å². The third kappa shape index (κ3) is 2.09. The Hall–Kier alpha value is -1.88. The number of carbonyl (C=O) groups excluding carboxylic acids is 1. The van der Waals surface area contributed by atoms with Gasteiger partial charge in [-0.2, -0.15) is 0 Å². The van der Waals surface area contributed by atoms with Crippen molar-refractivity contribution in [1.82, 2.24) is 4.90 Å². The van der Waals surface area contributed by atoms with Gasteiger partial charge in [-0.1, -0.05) is 18.2 Å². The lowest BCUT2D eigenvalue weighted by molar-refractivity contribution is -0.144. The smallest absolute Gasteiger partial charge is 0.329 e. The molecule has 18 heavy (non-hydrogen) atoms. The SMILES string of the molecule is CC1(C)OCN(C(=O)c2ccccc2)C1C(=O)O. The third-order valence-electron chi connectivity index (χ3n) is 3.06. The van der Waals surface area contributed by atoms with Crippen LogP contribution < -0.4 is 0 Å². The molecule has 1 unspecified atom stereocenters. The third-order valence-corrected chi connectivity index (χ3v) is 3.06. The minimum atomic E-state index is -1.05. The minimum absolute atomic E-state index is 0.00229. The molecule has 0 aromatic heterocycles. The maximum absolute atomic E-state index is 12.2. The average molecular weight is 249 g/mol. The molecule has 1 N–H and O–H groups in total. The second kappa shape index (κ2) is 4.42. The number of rotatable bonds is 2. The number of nitrogens with zero attached hydrogens (tertiary/aromatic N) is 1. The Labute approximate surface area is 105 Å². The van der Waals surface area contributed by atoms with E-state index in [1.165, 1.54) is 4.90 Å². The van der Waals surface area contributed by atoms with Gasteiger partial charge in [-0.15, -0.1) is 0 Å². The highest BCUT2D eigenvalue weighted by Gasteiger charge is 2.48. The zero-order valence-corrected chi connectivity index (χ0v) is 10.3. The van der Waals surface area contributed by atoms with Crippen LogP contribution in [0.4, 0.5) is 0 Å². The molecule has 5 heteroatoms. The molecule has 2 rings (SSSR count). The Morgan fingerprint density at radius 1 is 1.33 bits per heavy atom. The van der Waals surface area contributed by atoms with Gasteiger partial charge in [0.15, 0.2) is 6.04 Å². The summed E-state index contributed by atoms with van der Waals surface area (Å²) >= 11 is 0. The number of benzene rings is 1. The van der Waals surface area contributed by atoms with Crippen LogP contribution in [0.3, 0.4) is 0 Å². The number of hydrogen-bond donors (Lipinski definition) is 1. The van der Waals surface area contributed by atoms with Crippen LogP contribution in [0.25, 0.3) is 0 Å². The molecule has 1 fully saturated rings. The van der Waals surface area contributed by atoms with E-state index in [-0.39, 0.29) is 12.6 Å². The predicted octanol–water partition coefficient (Wildman–Crippen LogP) is 1.35. The van der Waals surface area contributed by atoms with E-state index in [0.717, 1.165) is 0 Å². The molecule has 0 spiro atoms. The van der Waals surface area contributed by atoms with E-state index < -0.39 is 17.6 Å². The first-order valence-electron chi connectivity index (χ1n) is 5.66. The normalized spacial score (nSPS) is 21.9. The van der Waals surface area contributed by atoms with E-state index >= 15 is 0 Å². The number of ether oxygens (including phenoxy) is 1. The number of hydrogen-bond acceptors (Lipinski definition) is 3. The fourth-order valence-electron chi connectivity index (χ4n) is 2.12. The number of carboxylic acids is 1. The molecule has 1 aromatic rings. The highest BCUT2D eigenvalue weighted by atomic mass is 16.5. The van der Waals surface area contributed by atoms with Gasteiger partial charge >= 0.3 is 5.97 Å². The average Bonchev–Trinajstić information content (AvgIpc) is 2.65. The van der Waals surface area contributed by atoms with Crippen molar-refractivity contribution >= 4 is 11.9 Å². The molecule has 1 aliphatic rings. The van der Waals surface area contributed by atoms with E-state index in [1.807, 2.05) is 0 Å². The maximum atomic E-state index is 12.2. The quantitative estimate of drug-likeness (QED) is 0.859. The predicted molar refractivity (Wildman–Crippen MR) is 64.1 cm³/mol. The summed E-state index contributed by atoms with van der Waals surface area (Å²) in [5.41, 5.74) is -0.416. The molecule has 0 radical (unpaired) electrons. The van der Waals surface area contributed by atoms with Crippen molar-refractivity contribution < 1.29 is 19.4 Å². The van der Waals surface area contributed by atoms with Gasteiger partial charge in [0.05, 0.1) is 5.60 Å². The Bertz CT molecular complexity index is 469. The lowest BCUT2D eigenvalue weighted by Crippen LogP contribution is -2.49. The minimum Gasteiger partial charge on any atom is -0.480 e. The Kier molecular flexibility index (Phi) is 3.09. The summed E-state index contributed by atoms with van der Waals surface area (Å²) in [6, 6.07) is 7.63. The van der Waals surface area contributed by atoms with E-state index in [1.54, 1.807) is 44.2 Å². The molecule has 1 aromatic carbocycles. The van der Waals surface area contributed by atoms with Gasteiger partial charge in [0.2, 0.25) is 0 Å². The second-order valence-electron chi connectivity index (χ2n) is 4.76. The number of aliphatic carboxylic acids is 1. The van der Waals surface area contributed by atoms with Crippen LogP contribution >= 0.6 is 0 Å². The van der Waals surface area contributed by atoms with Crippen LogP contribution in [0.15, 0.2) is 30.3 Å². The molecule has 1 amide bonds. The van der Waals surface area contributed by atoms with Crippen LogP contribution in [-0.2, 0) is 9.53 Å². The van der Waals surface area contributed by atoms with Crippen LogP contribution in [0.2, 0.25) is 0 Å². The molecule has 1 atom stereocenters. The fourth-order valence-corrected chi connectivity index (χ4v) is 2.12. The standard InChI is InChI=1S/C13H15NO4/c1-13(2)10(12(16)17)14(8-18-13)11(15)9-6-4-3-5-7-9/h3-7,10H,8H2,1-2H3,(H,16,17). The summed E-state index contributed by atoms with van der Waals surface area (Å²) in [7, 11) is 0. The summed E-state index contributed by atoms with van der Waals surface area (Å²) in [5, 5.41) is 9.24. The van der Waals surface area contributed by atoms with E-state index in [4.69, 9.17) is 4.74 Å². The monoisotopic (exact) mass is 249 g/mol. The number of carbonyl (C=O) groups is 2. The molecule has 1 saturated heterocycles. The lowest BCUT2D eigenvalue weighted by Gasteiger charge is -2.26. The summed E-state index contributed by atoms with van der Waals surface area (Å²) in [5.74, 6) is -1.38. The van der Waals surface area contributed by atoms with Gasteiger partial charge in [0.1, 0.15) is 6.73 Å². The zero-order chi connectivity index (χ0) is 13.3. The summed E-state index contributed by atoms with van der Waals surface area (Å²) in [4.78, 5) is 24.8. The highest BCUT2D eigenvalue weighted by molar-refractivity contribution is 5.97. The van der Waals surface area contributed by atoms with E-state index in [0.29, 0.717) is 5.56 Å². The summed E-state index contributed by atoms with van der Waals surface area (Å²) in [6.07, 6.45) is 0. The van der Waals surface area contributed by atoms with Crippen LogP contribution in [0.5, 0.6) is 0 Å².